The number of nitrogens with two attached hydrogens (primary N) is 1. The van der Waals surface area contributed by atoms with Crippen molar-refractivity contribution in [1.29, 1.82) is 0 Å². The number of aliphatic carboxylic acids is 1. The van der Waals surface area contributed by atoms with Gasteiger partial charge >= 0.3 is 5.97 Å². The van der Waals surface area contributed by atoms with Gasteiger partial charge < -0.3 is 5.11 Å². The van der Waals surface area contributed by atoms with Crippen molar-refractivity contribution in [1.82, 2.24) is 0 Å². The third-order valence-corrected chi connectivity index (χ3v) is 3.82. The van der Waals surface area contributed by atoms with Crippen LogP contribution >= 0.6 is 0 Å². The predicted molar refractivity (Wildman–Crippen MR) is 74.3 cm³/mol. The molecule has 0 aromatic heterocycles. The lowest BCUT2D eigenvalue weighted by atomic mass is 9.89. The molecule has 0 spiro atoms. The first-order valence-corrected chi connectivity index (χ1v) is 7.62. The fourth-order valence-electron chi connectivity index (χ4n) is 1.99. The Labute approximate surface area is 121 Å². The molecule has 0 saturated heterocycles. The van der Waals surface area contributed by atoms with Crippen LogP contribution in [0.2, 0.25) is 0 Å². The fourth-order valence-corrected chi connectivity index (χ4v) is 2.52. The van der Waals surface area contributed by atoms with E-state index in [4.69, 9.17) is 5.14 Å². The SMILES string of the molecule is CC(C)CC(C(=O)O)c1ccc(S(N)(=O)=O)cc1[N+](=O)[O-]. The van der Waals surface area contributed by atoms with Gasteiger partial charge in [0, 0.05) is 11.6 Å². The summed E-state index contributed by atoms with van der Waals surface area (Å²) in [5.74, 6) is -2.28. The second-order valence-corrected chi connectivity index (χ2v) is 6.60. The van der Waals surface area contributed by atoms with Crippen molar-refractivity contribution in [2.75, 3.05) is 0 Å². The largest absolute Gasteiger partial charge is 0.481 e. The summed E-state index contributed by atoms with van der Waals surface area (Å²) in [5, 5.41) is 25.3. The molecule has 8 nitrogen and oxygen atoms in total. The monoisotopic (exact) mass is 316 g/mol. The number of hydrogen-bond acceptors (Lipinski definition) is 5. The van der Waals surface area contributed by atoms with Crippen LogP contribution in [0.5, 0.6) is 0 Å². The summed E-state index contributed by atoms with van der Waals surface area (Å²) < 4.78 is 22.5. The summed E-state index contributed by atoms with van der Waals surface area (Å²) >= 11 is 0. The summed E-state index contributed by atoms with van der Waals surface area (Å²) in [7, 11) is -4.10. The van der Waals surface area contributed by atoms with Gasteiger partial charge in [0.1, 0.15) is 0 Å². The van der Waals surface area contributed by atoms with E-state index in [1.807, 2.05) is 0 Å². The summed E-state index contributed by atoms with van der Waals surface area (Å²) in [6, 6.07) is 3.01. The number of rotatable bonds is 6. The molecule has 116 valence electrons. The van der Waals surface area contributed by atoms with Gasteiger partial charge in [0.05, 0.1) is 15.7 Å². The van der Waals surface area contributed by atoms with Gasteiger partial charge in [-0.25, -0.2) is 13.6 Å². The first-order valence-electron chi connectivity index (χ1n) is 6.08. The first-order chi connectivity index (χ1) is 9.54. The van der Waals surface area contributed by atoms with Crippen LogP contribution in [0.4, 0.5) is 5.69 Å². The van der Waals surface area contributed by atoms with Crippen LogP contribution in [0.1, 0.15) is 31.7 Å². The Hall–Kier alpha value is -2.00. The molecule has 1 atom stereocenters. The third kappa shape index (κ3) is 4.23. The standard InChI is InChI=1S/C12H16N2O6S/c1-7(2)5-10(12(15)16)9-4-3-8(21(13,19)20)6-11(9)14(17)18/h3-4,6-7,10H,5H2,1-2H3,(H,15,16)(H2,13,19,20). The number of primary sulfonamides is 1. The van der Waals surface area contributed by atoms with Crippen molar-refractivity contribution < 1.29 is 23.2 Å². The number of sulfonamides is 1. The highest BCUT2D eigenvalue weighted by Crippen LogP contribution is 2.33. The molecule has 0 aliphatic carbocycles. The highest BCUT2D eigenvalue weighted by atomic mass is 32.2. The van der Waals surface area contributed by atoms with Crippen molar-refractivity contribution in [3.8, 4) is 0 Å². The lowest BCUT2D eigenvalue weighted by molar-refractivity contribution is -0.385. The predicted octanol–water partition coefficient (Wildman–Crippen LogP) is 1.46. The minimum absolute atomic E-state index is 0.00335. The molecule has 0 bridgehead atoms. The molecule has 0 aliphatic rings. The lowest BCUT2D eigenvalue weighted by Crippen LogP contribution is -2.17. The van der Waals surface area contributed by atoms with Crippen LogP contribution in [-0.2, 0) is 14.8 Å². The van der Waals surface area contributed by atoms with Gasteiger partial charge in [-0.15, -0.1) is 0 Å². The van der Waals surface area contributed by atoms with Gasteiger partial charge in [0.2, 0.25) is 10.0 Å². The number of nitro benzene ring substituents is 1. The maximum Gasteiger partial charge on any atom is 0.311 e. The molecular formula is C12H16N2O6S. The van der Waals surface area contributed by atoms with Gasteiger partial charge in [-0.2, -0.15) is 0 Å². The Morgan fingerprint density at radius 2 is 2.00 bits per heavy atom. The molecule has 0 aliphatic heterocycles. The van der Waals surface area contributed by atoms with Crippen LogP contribution in [0.15, 0.2) is 23.1 Å². The summed E-state index contributed by atoms with van der Waals surface area (Å²) in [6.07, 6.45) is 0.199. The molecule has 9 heteroatoms. The van der Waals surface area contributed by atoms with Crippen LogP contribution in [0, 0.1) is 16.0 Å². The van der Waals surface area contributed by atoms with Crippen LogP contribution in [0.25, 0.3) is 0 Å². The Morgan fingerprint density at radius 1 is 1.43 bits per heavy atom. The minimum atomic E-state index is -4.10. The summed E-state index contributed by atoms with van der Waals surface area (Å²) in [4.78, 5) is 21.2. The van der Waals surface area contributed by atoms with Crippen molar-refractivity contribution >= 4 is 21.7 Å². The lowest BCUT2D eigenvalue weighted by Gasteiger charge is -2.15. The number of nitro groups is 1. The van der Waals surface area contributed by atoms with Crippen LogP contribution in [-0.4, -0.2) is 24.4 Å². The zero-order valence-corrected chi connectivity index (χ0v) is 12.3. The Bertz CT molecular complexity index is 668. The normalized spacial score (nSPS) is 13.1. The molecule has 0 radical (unpaired) electrons. The molecule has 1 aromatic rings. The van der Waals surface area contributed by atoms with Crippen molar-refractivity contribution in [3.63, 3.8) is 0 Å². The Balaban J connectivity index is 3.47. The number of hydrogen-bond donors (Lipinski definition) is 2. The number of carboxylic acid groups (broad SMARTS) is 1. The summed E-state index contributed by atoms with van der Waals surface area (Å²) in [6.45, 7) is 3.58. The van der Waals surface area contributed by atoms with Gasteiger partial charge in [-0.05, 0) is 24.5 Å². The average molecular weight is 316 g/mol. The zero-order valence-electron chi connectivity index (χ0n) is 11.5. The first kappa shape index (κ1) is 17.1. The highest BCUT2D eigenvalue weighted by molar-refractivity contribution is 7.89. The van der Waals surface area contributed by atoms with Gasteiger partial charge in [-0.1, -0.05) is 13.8 Å². The van der Waals surface area contributed by atoms with Crippen LogP contribution in [0.3, 0.4) is 0 Å². The van der Waals surface area contributed by atoms with E-state index in [-0.39, 0.29) is 17.9 Å². The number of nitrogens with zero attached hydrogens (tertiary/aromatic N) is 1. The molecule has 1 aromatic carbocycles. The van der Waals surface area contributed by atoms with E-state index in [0.717, 1.165) is 18.2 Å². The number of carbonyl (C=O) groups is 1. The van der Waals surface area contributed by atoms with Crippen molar-refractivity contribution in [2.24, 2.45) is 11.1 Å². The average Bonchev–Trinajstić information content (AvgIpc) is 2.33. The van der Waals surface area contributed by atoms with E-state index in [9.17, 15) is 28.4 Å². The molecule has 3 N–H and O–H groups in total. The van der Waals surface area contributed by atoms with E-state index in [1.54, 1.807) is 13.8 Å². The molecule has 0 heterocycles. The second kappa shape index (κ2) is 6.19. The fraction of sp³-hybridized carbons (Fsp3) is 0.417. The summed E-state index contributed by atoms with van der Waals surface area (Å²) in [5.41, 5.74) is -0.594. The third-order valence-electron chi connectivity index (χ3n) is 2.91. The molecule has 0 fully saturated rings. The molecule has 1 rings (SSSR count). The molecule has 1 unspecified atom stereocenters. The highest BCUT2D eigenvalue weighted by Gasteiger charge is 2.29. The van der Waals surface area contributed by atoms with Gasteiger partial charge in [-0.3, -0.25) is 14.9 Å². The quantitative estimate of drug-likeness (QED) is 0.601. The second-order valence-electron chi connectivity index (χ2n) is 5.04. The Kier molecular flexibility index (Phi) is 5.02. The molecule has 0 amide bonds. The van der Waals surface area contributed by atoms with E-state index in [0.29, 0.717) is 0 Å². The molecule has 0 saturated carbocycles. The maximum atomic E-state index is 11.3. The van der Waals surface area contributed by atoms with E-state index >= 15 is 0 Å². The maximum absolute atomic E-state index is 11.3. The number of benzene rings is 1. The number of carboxylic acids is 1. The topological polar surface area (TPSA) is 141 Å². The Morgan fingerprint density at radius 3 is 2.38 bits per heavy atom. The molecular weight excluding hydrogens is 300 g/mol. The smallest absolute Gasteiger partial charge is 0.311 e. The van der Waals surface area contributed by atoms with Gasteiger partial charge in [0.15, 0.2) is 0 Å². The van der Waals surface area contributed by atoms with Crippen LogP contribution < -0.4 is 5.14 Å². The van der Waals surface area contributed by atoms with Gasteiger partial charge in [0.25, 0.3) is 5.69 Å². The van der Waals surface area contributed by atoms with E-state index < -0.39 is 37.4 Å². The van der Waals surface area contributed by atoms with E-state index in [2.05, 4.69) is 0 Å². The minimum Gasteiger partial charge on any atom is -0.481 e. The van der Waals surface area contributed by atoms with Crippen molar-refractivity contribution in [3.05, 3.63) is 33.9 Å². The van der Waals surface area contributed by atoms with E-state index in [1.165, 1.54) is 0 Å². The molecule has 21 heavy (non-hydrogen) atoms. The zero-order chi connectivity index (χ0) is 16.4. The van der Waals surface area contributed by atoms with Crippen molar-refractivity contribution in [2.45, 2.75) is 31.1 Å².